The van der Waals surface area contributed by atoms with Crippen LogP contribution in [0.1, 0.15) is 32.7 Å². The molecule has 26 heavy (non-hydrogen) atoms. The van der Waals surface area contributed by atoms with Crippen molar-refractivity contribution in [1.29, 1.82) is 0 Å². The molecule has 1 unspecified atom stereocenters. The van der Waals surface area contributed by atoms with E-state index in [9.17, 15) is 9.18 Å². The molecule has 1 aromatic carbocycles. The van der Waals surface area contributed by atoms with Gasteiger partial charge in [-0.05, 0) is 51.0 Å². The molecule has 0 spiro atoms. The van der Waals surface area contributed by atoms with E-state index in [-0.39, 0.29) is 23.8 Å². The lowest BCUT2D eigenvalue weighted by Crippen LogP contribution is -3.09. The van der Waals surface area contributed by atoms with Gasteiger partial charge < -0.3 is 10.2 Å². The summed E-state index contributed by atoms with van der Waals surface area (Å²) < 4.78 is 18.5. The Balaban J connectivity index is 1.85. The van der Waals surface area contributed by atoms with Crippen molar-refractivity contribution in [3.8, 4) is 11.4 Å². The first-order valence-electron chi connectivity index (χ1n) is 8.91. The molecule has 1 saturated carbocycles. The van der Waals surface area contributed by atoms with Crippen molar-refractivity contribution >= 4 is 18.1 Å². The molecule has 0 saturated heterocycles. The number of quaternary nitrogens is 1. The Bertz CT molecular complexity index is 856. The largest absolute Gasteiger partial charge is 0.349 e. The van der Waals surface area contributed by atoms with Crippen LogP contribution in [-0.2, 0) is 11.5 Å². The smallest absolute Gasteiger partial charge is 0.275 e. The lowest BCUT2D eigenvalue weighted by Gasteiger charge is -2.14. The molecule has 1 amide bonds. The van der Waals surface area contributed by atoms with Crippen LogP contribution >= 0.6 is 12.2 Å². The van der Waals surface area contributed by atoms with Crippen LogP contribution < -0.4 is 10.2 Å². The van der Waals surface area contributed by atoms with Crippen molar-refractivity contribution in [2.45, 2.75) is 45.4 Å². The highest BCUT2D eigenvalue weighted by atomic mass is 32.1. The third-order valence-electron chi connectivity index (χ3n) is 4.23. The Kier molecular flexibility index (Phi) is 5.52. The average molecular weight is 378 g/mol. The zero-order valence-electron chi connectivity index (χ0n) is 15.3. The Morgan fingerprint density at radius 2 is 2.12 bits per heavy atom. The van der Waals surface area contributed by atoms with E-state index in [0.29, 0.717) is 29.4 Å². The molecular formula is C18H25FN5OS+. The molecule has 2 N–H and O–H groups in total. The quantitative estimate of drug-likeness (QED) is 0.719. The summed E-state index contributed by atoms with van der Waals surface area (Å²) in [5.74, 6) is 0.244. The molecule has 6 nitrogen and oxygen atoms in total. The van der Waals surface area contributed by atoms with Crippen LogP contribution in [0.2, 0.25) is 0 Å². The number of likely N-dealkylation sites (N-methyl/N-ethyl adjacent to an activating group) is 1. The molecule has 0 bridgehead atoms. The molecule has 1 aromatic heterocycles. The van der Waals surface area contributed by atoms with Crippen molar-refractivity contribution in [2.24, 2.45) is 0 Å². The molecular weight excluding hydrogens is 353 g/mol. The van der Waals surface area contributed by atoms with Gasteiger partial charge in [0.25, 0.3) is 5.91 Å². The Morgan fingerprint density at radius 3 is 2.73 bits per heavy atom. The predicted octanol–water partition coefficient (Wildman–Crippen LogP) is 1.55. The van der Waals surface area contributed by atoms with E-state index in [0.717, 1.165) is 17.7 Å². The molecule has 2 aromatic rings. The lowest BCUT2D eigenvalue weighted by atomic mass is 10.2. The number of nitrogens with zero attached hydrogens (tertiary/aromatic N) is 3. The Hall–Kier alpha value is -2.06. The molecule has 1 fully saturated rings. The van der Waals surface area contributed by atoms with Crippen LogP contribution in [-0.4, -0.2) is 39.9 Å². The van der Waals surface area contributed by atoms with E-state index in [4.69, 9.17) is 12.2 Å². The summed E-state index contributed by atoms with van der Waals surface area (Å²) >= 11 is 5.60. The Morgan fingerprint density at radius 1 is 1.42 bits per heavy atom. The van der Waals surface area contributed by atoms with Crippen molar-refractivity contribution in [2.75, 3.05) is 13.6 Å². The van der Waals surface area contributed by atoms with Gasteiger partial charge in [-0.2, -0.15) is 4.68 Å². The van der Waals surface area contributed by atoms with Gasteiger partial charge in [-0.15, -0.1) is 5.10 Å². The third kappa shape index (κ3) is 4.19. The van der Waals surface area contributed by atoms with Crippen LogP contribution in [0, 0.1) is 10.6 Å². The summed E-state index contributed by atoms with van der Waals surface area (Å²) in [6.45, 7) is 4.64. The Labute approximate surface area is 157 Å². The van der Waals surface area contributed by atoms with Gasteiger partial charge in [0.2, 0.25) is 4.77 Å². The fourth-order valence-electron chi connectivity index (χ4n) is 2.97. The minimum Gasteiger partial charge on any atom is -0.349 e. The van der Waals surface area contributed by atoms with Gasteiger partial charge in [0.05, 0.1) is 12.6 Å². The normalized spacial score (nSPS) is 15.3. The van der Waals surface area contributed by atoms with Crippen molar-refractivity contribution in [3.63, 3.8) is 0 Å². The van der Waals surface area contributed by atoms with E-state index in [1.807, 2.05) is 25.5 Å². The predicted molar refractivity (Wildman–Crippen MR) is 99.7 cm³/mol. The first kappa shape index (κ1) is 18.7. The van der Waals surface area contributed by atoms with Gasteiger partial charge in [0.15, 0.2) is 19.0 Å². The van der Waals surface area contributed by atoms with Crippen LogP contribution in [0.15, 0.2) is 24.3 Å². The van der Waals surface area contributed by atoms with Gasteiger partial charge in [-0.3, -0.25) is 9.36 Å². The number of carbonyl (C=O) groups is 1. The number of rotatable bonds is 7. The van der Waals surface area contributed by atoms with Gasteiger partial charge in [0, 0.05) is 12.1 Å². The highest BCUT2D eigenvalue weighted by Crippen LogP contribution is 2.38. The highest BCUT2D eigenvalue weighted by molar-refractivity contribution is 7.71. The maximum Gasteiger partial charge on any atom is 0.275 e. The molecule has 0 radical (unpaired) electrons. The number of hydrogen-bond donors (Lipinski definition) is 2. The van der Waals surface area contributed by atoms with E-state index in [1.54, 1.807) is 22.9 Å². The number of aromatic nitrogens is 3. The minimum absolute atomic E-state index is 0.0139. The SMILES string of the molecule is CC(C)NC(=O)C[NH+](C)Cn1nc(-c2ccccc2F)n(C2CC2)c1=S. The molecule has 3 rings (SSSR count). The lowest BCUT2D eigenvalue weighted by molar-refractivity contribution is -0.895. The summed E-state index contributed by atoms with van der Waals surface area (Å²) in [7, 11) is 1.92. The van der Waals surface area contributed by atoms with E-state index >= 15 is 0 Å². The maximum absolute atomic E-state index is 14.3. The zero-order chi connectivity index (χ0) is 18.8. The standard InChI is InChI=1S/C18H24FN5OS/c1-12(2)20-16(25)10-22(3)11-23-18(26)24(13-8-9-13)17(21-23)14-6-4-5-7-15(14)19/h4-7,12-13H,8-11H2,1-3H3,(H,20,25)/p+1. The summed E-state index contributed by atoms with van der Waals surface area (Å²) in [6, 6.07) is 7.02. The molecule has 8 heteroatoms. The fraction of sp³-hybridized carbons (Fsp3) is 0.500. The van der Waals surface area contributed by atoms with Crippen molar-refractivity contribution in [1.82, 2.24) is 19.7 Å². The number of halogens is 1. The molecule has 1 aliphatic rings. The second kappa shape index (κ2) is 7.67. The van der Waals surface area contributed by atoms with Gasteiger partial charge in [-0.25, -0.2) is 4.39 Å². The van der Waals surface area contributed by atoms with E-state index in [2.05, 4.69) is 10.4 Å². The van der Waals surface area contributed by atoms with E-state index < -0.39 is 0 Å². The zero-order valence-corrected chi connectivity index (χ0v) is 16.1. The molecule has 1 aliphatic carbocycles. The van der Waals surface area contributed by atoms with E-state index in [1.165, 1.54) is 6.07 Å². The summed E-state index contributed by atoms with van der Waals surface area (Å²) in [4.78, 5) is 12.9. The molecule has 140 valence electrons. The van der Waals surface area contributed by atoms with Gasteiger partial charge >= 0.3 is 0 Å². The second-order valence-electron chi connectivity index (χ2n) is 7.20. The topological polar surface area (TPSA) is 56.3 Å². The number of nitrogens with one attached hydrogen (secondary N) is 2. The van der Waals surface area contributed by atoms with Crippen LogP contribution in [0.4, 0.5) is 4.39 Å². The summed E-state index contributed by atoms with van der Waals surface area (Å²) in [6.07, 6.45) is 2.06. The molecule has 1 heterocycles. The summed E-state index contributed by atoms with van der Waals surface area (Å²) in [5, 5.41) is 7.48. The second-order valence-corrected chi connectivity index (χ2v) is 7.57. The minimum atomic E-state index is -0.307. The first-order valence-corrected chi connectivity index (χ1v) is 9.32. The third-order valence-corrected chi connectivity index (χ3v) is 4.64. The van der Waals surface area contributed by atoms with Crippen LogP contribution in [0.5, 0.6) is 0 Å². The monoisotopic (exact) mass is 378 g/mol. The number of amides is 1. The summed E-state index contributed by atoms with van der Waals surface area (Å²) in [5.41, 5.74) is 0.458. The number of carbonyl (C=O) groups excluding carboxylic acids is 1. The molecule has 0 aliphatic heterocycles. The van der Waals surface area contributed by atoms with Crippen molar-refractivity contribution < 1.29 is 14.1 Å². The first-order chi connectivity index (χ1) is 12.4. The average Bonchev–Trinajstić information content (AvgIpc) is 3.33. The fourth-order valence-corrected chi connectivity index (χ4v) is 3.31. The maximum atomic E-state index is 14.3. The van der Waals surface area contributed by atoms with Crippen molar-refractivity contribution in [3.05, 3.63) is 34.9 Å². The van der Waals surface area contributed by atoms with Gasteiger partial charge in [-0.1, -0.05) is 12.1 Å². The number of hydrogen-bond acceptors (Lipinski definition) is 3. The number of benzene rings is 1. The van der Waals surface area contributed by atoms with Gasteiger partial charge in [0.1, 0.15) is 5.82 Å². The molecule has 1 atom stereocenters. The highest BCUT2D eigenvalue weighted by Gasteiger charge is 2.30. The van der Waals surface area contributed by atoms with Crippen LogP contribution in [0.3, 0.4) is 0 Å². The van der Waals surface area contributed by atoms with Crippen LogP contribution in [0.25, 0.3) is 11.4 Å².